The molecular weight excluding hydrogens is 322 g/mol. The van der Waals surface area contributed by atoms with Gasteiger partial charge in [0.25, 0.3) is 0 Å². The second-order valence-electron chi connectivity index (χ2n) is 6.13. The van der Waals surface area contributed by atoms with Gasteiger partial charge in [-0.05, 0) is 78.9 Å². The van der Waals surface area contributed by atoms with E-state index < -0.39 is 0 Å². The van der Waals surface area contributed by atoms with Crippen LogP contribution in [-0.4, -0.2) is 66.0 Å². The molecule has 0 rings (SSSR count). The first-order chi connectivity index (χ1) is 12.8. The molecule has 0 fully saturated rings. The molecule has 0 aliphatic rings. The summed E-state index contributed by atoms with van der Waals surface area (Å²) in [5.41, 5.74) is 0. The highest BCUT2D eigenvalue weighted by atomic mass is 14.9. The predicted molar refractivity (Wildman–Crippen MR) is 119 cm³/mol. The van der Waals surface area contributed by atoms with E-state index in [0.717, 1.165) is 58.9 Å². The maximum absolute atomic E-state index is 3.49. The van der Waals surface area contributed by atoms with E-state index in [-0.39, 0.29) is 0 Å². The summed E-state index contributed by atoms with van der Waals surface area (Å²) in [7, 11) is 2.01. The van der Waals surface area contributed by atoms with Gasteiger partial charge in [0, 0.05) is 19.6 Å². The van der Waals surface area contributed by atoms with Crippen molar-refractivity contribution in [3.63, 3.8) is 0 Å². The van der Waals surface area contributed by atoms with Crippen molar-refractivity contribution in [2.75, 3.05) is 66.0 Å². The molecule has 5 nitrogen and oxygen atoms in total. The molecule has 0 heterocycles. The topological polar surface area (TPSA) is 60.1 Å². The summed E-state index contributed by atoms with van der Waals surface area (Å²) < 4.78 is 0. The first-order valence-corrected chi connectivity index (χ1v) is 10.6. The van der Waals surface area contributed by atoms with Crippen molar-refractivity contribution in [3.8, 4) is 0 Å². The van der Waals surface area contributed by atoms with Crippen LogP contribution in [0.1, 0.15) is 46.5 Å². The van der Waals surface area contributed by atoms with Gasteiger partial charge in [-0.1, -0.05) is 38.2 Å². The second kappa shape index (κ2) is 29.1. The highest BCUT2D eigenvalue weighted by Crippen LogP contribution is 1.87. The zero-order chi connectivity index (χ0) is 19.6. The molecule has 26 heavy (non-hydrogen) atoms. The molecule has 0 atom stereocenters. The van der Waals surface area contributed by atoms with Gasteiger partial charge in [-0.15, -0.1) is 0 Å². The van der Waals surface area contributed by atoms with Crippen molar-refractivity contribution in [2.24, 2.45) is 0 Å². The SMILES string of the molecule is C/C=C\CNCC.CCNC/C=C\CNCCCCNCCCCNC. The zero-order valence-corrected chi connectivity index (χ0v) is 18.0. The van der Waals surface area contributed by atoms with E-state index in [1.54, 1.807) is 0 Å². The van der Waals surface area contributed by atoms with E-state index in [1.165, 1.54) is 25.7 Å². The Hall–Kier alpha value is -0.720. The first-order valence-electron chi connectivity index (χ1n) is 10.6. The lowest BCUT2D eigenvalue weighted by Gasteiger charge is -2.05. The molecule has 5 heteroatoms. The number of hydrogen-bond donors (Lipinski definition) is 5. The number of allylic oxidation sites excluding steroid dienone is 1. The highest BCUT2D eigenvalue weighted by molar-refractivity contribution is 4.85. The molecule has 0 bridgehead atoms. The predicted octanol–water partition coefficient (Wildman–Crippen LogP) is 2.28. The smallest absolute Gasteiger partial charge is 0.0135 e. The van der Waals surface area contributed by atoms with Crippen LogP contribution >= 0.6 is 0 Å². The van der Waals surface area contributed by atoms with Crippen LogP contribution in [0.2, 0.25) is 0 Å². The third-order valence-corrected chi connectivity index (χ3v) is 3.68. The summed E-state index contributed by atoms with van der Waals surface area (Å²) in [6.45, 7) is 15.9. The van der Waals surface area contributed by atoms with Gasteiger partial charge in [0.1, 0.15) is 0 Å². The van der Waals surface area contributed by atoms with Crippen LogP contribution < -0.4 is 26.6 Å². The quantitative estimate of drug-likeness (QED) is 0.190. The summed E-state index contributed by atoms with van der Waals surface area (Å²) in [5, 5.41) is 16.5. The fourth-order valence-electron chi connectivity index (χ4n) is 2.10. The van der Waals surface area contributed by atoms with Crippen LogP contribution in [0.15, 0.2) is 24.3 Å². The standard InChI is InChI=1S/C15H34N4.C6H13N/c1-3-17-11-6-7-13-19-15-9-8-14-18-12-5-4-10-16-2;1-3-5-6-7-4-2/h6-7,16-19H,3-5,8-15H2,1-2H3;3,5,7H,4,6H2,1-2H3/b7-6-;5-3-. The van der Waals surface area contributed by atoms with Crippen LogP contribution in [0.4, 0.5) is 0 Å². The van der Waals surface area contributed by atoms with Crippen LogP contribution in [-0.2, 0) is 0 Å². The van der Waals surface area contributed by atoms with E-state index in [1.807, 2.05) is 20.0 Å². The molecule has 0 unspecified atom stereocenters. The molecular formula is C21H47N5. The second-order valence-corrected chi connectivity index (χ2v) is 6.13. The van der Waals surface area contributed by atoms with E-state index in [4.69, 9.17) is 0 Å². The fourth-order valence-corrected chi connectivity index (χ4v) is 2.10. The molecule has 0 aromatic heterocycles. The summed E-state index contributed by atoms with van der Waals surface area (Å²) >= 11 is 0. The van der Waals surface area contributed by atoms with Gasteiger partial charge in [-0.2, -0.15) is 0 Å². The fraction of sp³-hybridized carbons (Fsp3) is 0.810. The van der Waals surface area contributed by atoms with Crippen molar-refractivity contribution >= 4 is 0 Å². The largest absolute Gasteiger partial charge is 0.320 e. The van der Waals surface area contributed by atoms with Crippen molar-refractivity contribution < 1.29 is 0 Å². The Labute approximate surface area is 163 Å². The van der Waals surface area contributed by atoms with E-state index >= 15 is 0 Å². The Bertz CT molecular complexity index is 280. The van der Waals surface area contributed by atoms with Gasteiger partial charge in [0.05, 0.1) is 0 Å². The van der Waals surface area contributed by atoms with Gasteiger partial charge in [-0.3, -0.25) is 0 Å². The Balaban J connectivity index is 0. The Morgan fingerprint density at radius 2 is 1.04 bits per heavy atom. The molecule has 0 saturated heterocycles. The molecule has 0 radical (unpaired) electrons. The molecule has 0 aromatic rings. The zero-order valence-electron chi connectivity index (χ0n) is 18.0. The van der Waals surface area contributed by atoms with Gasteiger partial charge in [0.15, 0.2) is 0 Å². The summed E-state index contributed by atoms with van der Waals surface area (Å²) in [6.07, 6.45) is 13.6. The Kier molecular flexibility index (Phi) is 30.7. The summed E-state index contributed by atoms with van der Waals surface area (Å²) in [5.74, 6) is 0. The van der Waals surface area contributed by atoms with Crippen molar-refractivity contribution in [3.05, 3.63) is 24.3 Å². The summed E-state index contributed by atoms with van der Waals surface area (Å²) in [6, 6.07) is 0. The number of unbranched alkanes of at least 4 members (excludes halogenated alkanes) is 2. The van der Waals surface area contributed by atoms with Crippen molar-refractivity contribution in [1.82, 2.24) is 26.6 Å². The maximum atomic E-state index is 3.49. The van der Waals surface area contributed by atoms with Gasteiger partial charge in [0.2, 0.25) is 0 Å². The molecule has 0 amide bonds. The lowest BCUT2D eigenvalue weighted by atomic mass is 10.3. The number of rotatable bonds is 18. The van der Waals surface area contributed by atoms with Crippen LogP contribution in [0.5, 0.6) is 0 Å². The number of hydrogen-bond acceptors (Lipinski definition) is 5. The minimum absolute atomic E-state index is 0.982. The molecule has 0 aromatic carbocycles. The minimum atomic E-state index is 0.982. The third-order valence-electron chi connectivity index (χ3n) is 3.68. The average molecular weight is 370 g/mol. The molecule has 0 aliphatic heterocycles. The first kappa shape index (κ1) is 27.5. The summed E-state index contributed by atoms with van der Waals surface area (Å²) in [4.78, 5) is 0. The monoisotopic (exact) mass is 369 g/mol. The lowest BCUT2D eigenvalue weighted by molar-refractivity contribution is 0.569. The van der Waals surface area contributed by atoms with E-state index in [0.29, 0.717) is 0 Å². The van der Waals surface area contributed by atoms with E-state index in [2.05, 4.69) is 58.7 Å². The molecule has 0 spiro atoms. The minimum Gasteiger partial charge on any atom is -0.320 e. The average Bonchev–Trinajstić information content (AvgIpc) is 2.66. The van der Waals surface area contributed by atoms with Crippen LogP contribution in [0.25, 0.3) is 0 Å². The van der Waals surface area contributed by atoms with Gasteiger partial charge < -0.3 is 26.6 Å². The normalized spacial score (nSPS) is 11.2. The van der Waals surface area contributed by atoms with Crippen molar-refractivity contribution in [1.29, 1.82) is 0 Å². The van der Waals surface area contributed by atoms with Crippen LogP contribution in [0.3, 0.4) is 0 Å². The molecule has 0 aliphatic carbocycles. The lowest BCUT2D eigenvalue weighted by Crippen LogP contribution is -2.20. The number of nitrogens with one attached hydrogen (secondary N) is 5. The molecule has 5 N–H and O–H groups in total. The van der Waals surface area contributed by atoms with Crippen LogP contribution in [0, 0.1) is 0 Å². The Morgan fingerprint density at radius 1 is 0.577 bits per heavy atom. The van der Waals surface area contributed by atoms with Gasteiger partial charge >= 0.3 is 0 Å². The van der Waals surface area contributed by atoms with Gasteiger partial charge in [-0.25, -0.2) is 0 Å². The molecule has 0 saturated carbocycles. The highest BCUT2D eigenvalue weighted by Gasteiger charge is 1.90. The van der Waals surface area contributed by atoms with E-state index in [9.17, 15) is 0 Å². The third kappa shape index (κ3) is 31.1. The maximum Gasteiger partial charge on any atom is 0.0135 e. The van der Waals surface area contributed by atoms with Crippen molar-refractivity contribution in [2.45, 2.75) is 46.5 Å². The molecule has 156 valence electrons. The number of likely N-dealkylation sites (N-methyl/N-ethyl adjacent to an activating group) is 2. The Morgan fingerprint density at radius 3 is 1.54 bits per heavy atom.